The van der Waals surface area contributed by atoms with Crippen LogP contribution in [0.25, 0.3) is 0 Å². The van der Waals surface area contributed by atoms with Crippen molar-refractivity contribution >= 4 is 41.5 Å². The first-order chi connectivity index (χ1) is 17.8. The highest BCUT2D eigenvalue weighted by atomic mass is 32.2. The van der Waals surface area contributed by atoms with Gasteiger partial charge in [0.1, 0.15) is 12.7 Å². The Morgan fingerprint density at radius 2 is 1.66 bits per heavy atom. The standard InChI is InChI=1S/C25H33NO11S/c1-13-7-9-18(10-8-13)38-25(24(32)33-6)11-19(31)21(26-14(2)27)23(37-25)22(36-17(5)30)20(35-16(4)29)12-34-15(3)28/h7-10,19-23,31H,11-12H2,1-6H3,(H,26,27)/t19-,20+,21+,22+,23+,25+/m0/s1. The molecular weight excluding hydrogens is 522 g/mol. The van der Waals surface area contributed by atoms with Crippen molar-refractivity contribution in [2.75, 3.05) is 13.7 Å². The molecule has 6 atom stereocenters. The number of carbonyl (C=O) groups is 5. The molecule has 0 aliphatic carbocycles. The van der Waals surface area contributed by atoms with Crippen LogP contribution in [0.3, 0.4) is 0 Å². The molecule has 0 aromatic heterocycles. The van der Waals surface area contributed by atoms with E-state index in [0.717, 1.165) is 45.2 Å². The summed E-state index contributed by atoms with van der Waals surface area (Å²) in [4.78, 5) is 59.5. The predicted molar refractivity (Wildman–Crippen MR) is 133 cm³/mol. The van der Waals surface area contributed by atoms with Crippen LogP contribution in [0.4, 0.5) is 0 Å². The molecule has 0 bridgehead atoms. The molecule has 1 heterocycles. The molecule has 0 radical (unpaired) electrons. The molecule has 1 aromatic rings. The molecular formula is C25H33NO11S. The number of hydrogen-bond acceptors (Lipinski definition) is 12. The van der Waals surface area contributed by atoms with Gasteiger partial charge in [0.25, 0.3) is 0 Å². The smallest absolute Gasteiger partial charge is 0.349 e. The van der Waals surface area contributed by atoms with Crippen molar-refractivity contribution in [2.24, 2.45) is 0 Å². The molecule has 1 aliphatic rings. The summed E-state index contributed by atoms with van der Waals surface area (Å²) in [6.07, 6.45) is -6.10. The Morgan fingerprint density at radius 3 is 2.16 bits per heavy atom. The van der Waals surface area contributed by atoms with Gasteiger partial charge in [-0.2, -0.15) is 0 Å². The lowest BCUT2D eigenvalue weighted by Crippen LogP contribution is -2.67. The van der Waals surface area contributed by atoms with Crippen LogP contribution in [0, 0.1) is 6.92 Å². The third-order valence-corrected chi connectivity index (χ3v) is 6.77. The van der Waals surface area contributed by atoms with E-state index in [4.69, 9.17) is 23.7 Å². The predicted octanol–water partition coefficient (Wildman–Crippen LogP) is 1.04. The zero-order chi connectivity index (χ0) is 28.6. The van der Waals surface area contributed by atoms with E-state index in [-0.39, 0.29) is 6.42 Å². The third kappa shape index (κ3) is 8.43. The second kappa shape index (κ2) is 13.6. The van der Waals surface area contributed by atoms with E-state index >= 15 is 0 Å². The molecule has 13 heteroatoms. The summed E-state index contributed by atoms with van der Waals surface area (Å²) in [6.45, 7) is 5.88. The highest BCUT2D eigenvalue weighted by Crippen LogP contribution is 2.45. The molecule has 0 spiro atoms. The lowest BCUT2D eigenvalue weighted by atomic mass is 9.89. The van der Waals surface area contributed by atoms with E-state index in [1.165, 1.54) is 6.92 Å². The Balaban J connectivity index is 2.64. The zero-order valence-corrected chi connectivity index (χ0v) is 22.9. The highest BCUT2D eigenvalue weighted by molar-refractivity contribution is 8.01. The summed E-state index contributed by atoms with van der Waals surface area (Å²) in [5.41, 5.74) is 0.972. The maximum atomic E-state index is 13.2. The molecule has 210 valence electrons. The summed E-state index contributed by atoms with van der Waals surface area (Å²) in [5, 5.41) is 13.8. The molecule has 1 aliphatic heterocycles. The first-order valence-electron chi connectivity index (χ1n) is 11.7. The number of aryl methyl sites for hydroxylation is 1. The monoisotopic (exact) mass is 555 g/mol. The molecule has 0 saturated carbocycles. The van der Waals surface area contributed by atoms with Crippen molar-refractivity contribution in [2.45, 2.75) is 81.3 Å². The third-order valence-electron chi connectivity index (χ3n) is 5.50. The van der Waals surface area contributed by atoms with Gasteiger partial charge >= 0.3 is 23.9 Å². The van der Waals surface area contributed by atoms with E-state index in [2.05, 4.69) is 5.32 Å². The number of thioether (sulfide) groups is 1. The number of benzene rings is 1. The van der Waals surface area contributed by atoms with Gasteiger partial charge in [0.2, 0.25) is 10.8 Å². The van der Waals surface area contributed by atoms with Gasteiger partial charge in [-0.05, 0) is 19.1 Å². The number of esters is 4. The van der Waals surface area contributed by atoms with Gasteiger partial charge < -0.3 is 34.1 Å². The average Bonchev–Trinajstić information content (AvgIpc) is 2.82. The number of aliphatic hydroxyl groups is 1. The van der Waals surface area contributed by atoms with Crippen molar-refractivity contribution < 1.29 is 52.8 Å². The molecule has 1 fully saturated rings. The lowest BCUT2D eigenvalue weighted by Gasteiger charge is -2.47. The Labute approximate surface area is 224 Å². The molecule has 2 rings (SSSR count). The van der Waals surface area contributed by atoms with Gasteiger partial charge in [-0.3, -0.25) is 19.2 Å². The van der Waals surface area contributed by atoms with Crippen molar-refractivity contribution in [1.29, 1.82) is 0 Å². The maximum Gasteiger partial charge on any atom is 0.349 e. The summed E-state index contributed by atoms with van der Waals surface area (Å²) < 4.78 is 27.1. The maximum absolute atomic E-state index is 13.2. The van der Waals surface area contributed by atoms with Crippen LogP contribution in [0.1, 0.15) is 39.7 Å². The number of methoxy groups -OCH3 is 1. The fourth-order valence-electron chi connectivity index (χ4n) is 3.99. The molecule has 2 N–H and O–H groups in total. The second-order valence-corrected chi connectivity index (χ2v) is 10.1. The van der Waals surface area contributed by atoms with Crippen LogP contribution in [0.5, 0.6) is 0 Å². The SMILES string of the molecule is COC(=O)[C@]1(Sc2ccc(C)cc2)C[C@H](O)[C@@H](NC(C)=O)[C@H]([C@H](OC(C)=O)[C@@H](COC(C)=O)OC(C)=O)O1. The number of carbonyl (C=O) groups excluding carboxylic acids is 5. The van der Waals surface area contributed by atoms with Gasteiger partial charge in [0.15, 0.2) is 12.2 Å². The number of nitrogens with one attached hydrogen (secondary N) is 1. The van der Waals surface area contributed by atoms with Gasteiger partial charge in [0, 0.05) is 39.0 Å². The first-order valence-corrected chi connectivity index (χ1v) is 12.5. The van der Waals surface area contributed by atoms with Crippen LogP contribution in [-0.4, -0.2) is 84.0 Å². The van der Waals surface area contributed by atoms with Crippen molar-refractivity contribution in [3.8, 4) is 0 Å². The van der Waals surface area contributed by atoms with E-state index in [0.29, 0.717) is 4.90 Å². The van der Waals surface area contributed by atoms with Gasteiger partial charge in [-0.1, -0.05) is 29.5 Å². The quantitative estimate of drug-likeness (QED) is 0.312. The second-order valence-electron chi connectivity index (χ2n) is 8.76. The Kier molecular flexibility index (Phi) is 11.1. The van der Waals surface area contributed by atoms with Crippen LogP contribution < -0.4 is 5.32 Å². The summed E-state index contributed by atoms with van der Waals surface area (Å²) in [5.74, 6) is -3.72. The largest absolute Gasteiger partial charge is 0.466 e. The number of rotatable bonds is 10. The minimum atomic E-state index is -1.86. The Morgan fingerprint density at radius 1 is 1.05 bits per heavy atom. The highest BCUT2D eigenvalue weighted by Gasteiger charge is 2.57. The molecule has 1 aromatic carbocycles. The minimum Gasteiger partial charge on any atom is -0.466 e. The van der Waals surface area contributed by atoms with Crippen molar-refractivity contribution in [3.63, 3.8) is 0 Å². The number of amides is 1. The lowest BCUT2D eigenvalue weighted by molar-refractivity contribution is -0.220. The minimum absolute atomic E-state index is 0.311. The van der Waals surface area contributed by atoms with Crippen LogP contribution in [0.15, 0.2) is 29.2 Å². The summed E-state index contributed by atoms with van der Waals surface area (Å²) >= 11 is 0.959. The zero-order valence-electron chi connectivity index (χ0n) is 22.0. The molecule has 0 unspecified atom stereocenters. The average molecular weight is 556 g/mol. The molecule has 1 amide bonds. The number of hydrogen-bond donors (Lipinski definition) is 2. The number of aliphatic hydroxyl groups excluding tert-OH is 1. The van der Waals surface area contributed by atoms with Crippen LogP contribution in [0.2, 0.25) is 0 Å². The fraction of sp³-hybridized carbons (Fsp3) is 0.560. The summed E-state index contributed by atoms with van der Waals surface area (Å²) in [6, 6.07) is 5.93. The van der Waals surface area contributed by atoms with Crippen molar-refractivity contribution in [1.82, 2.24) is 5.32 Å². The normalized spacial score (nSPS) is 24.3. The van der Waals surface area contributed by atoms with E-state index in [9.17, 15) is 29.1 Å². The number of ether oxygens (including phenoxy) is 5. The Hall–Kier alpha value is -3.16. The molecule has 38 heavy (non-hydrogen) atoms. The van der Waals surface area contributed by atoms with Crippen molar-refractivity contribution in [3.05, 3.63) is 29.8 Å². The van der Waals surface area contributed by atoms with E-state index in [1.54, 1.807) is 12.1 Å². The van der Waals surface area contributed by atoms with Gasteiger partial charge in [-0.25, -0.2) is 4.79 Å². The van der Waals surface area contributed by atoms with Gasteiger partial charge in [-0.15, -0.1) is 0 Å². The van der Waals surface area contributed by atoms with Gasteiger partial charge in [0.05, 0.1) is 19.3 Å². The fourth-order valence-corrected chi connectivity index (χ4v) is 5.23. The Bertz CT molecular complexity index is 1030. The first kappa shape index (κ1) is 31.1. The van der Waals surface area contributed by atoms with Crippen LogP contribution >= 0.6 is 11.8 Å². The summed E-state index contributed by atoms with van der Waals surface area (Å²) in [7, 11) is 1.15. The van der Waals surface area contributed by atoms with Crippen LogP contribution in [-0.2, 0) is 47.7 Å². The van der Waals surface area contributed by atoms with E-state index < -0.39 is 71.8 Å². The molecule has 12 nitrogen and oxygen atoms in total. The topological polar surface area (TPSA) is 164 Å². The molecule has 1 saturated heterocycles. The van der Waals surface area contributed by atoms with E-state index in [1.807, 2.05) is 19.1 Å².